The lowest BCUT2D eigenvalue weighted by Gasteiger charge is -2.42. The second kappa shape index (κ2) is 8.24. The molecule has 29 heavy (non-hydrogen) atoms. The first-order valence-corrected chi connectivity index (χ1v) is 10.4. The highest BCUT2D eigenvalue weighted by Crippen LogP contribution is 2.33. The van der Waals surface area contributed by atoms with E-state index < -0.39 is 0 Å². The molecule has 0 bridgehead atoms. The summed E-state index contributed by atoms with van der Waals surface area (Å²) in [6.07, 6.45) is 4.66. The van der Waals surface area contributed by atoms with Crippen molar-refractivity contribution >= 4 is 11.6 Å². The molecule has 2 aliphatic rings. The monoisotopic (exact) mass is 400 g/mol. The molecule has 1 aromatic heterocycles. The molecule has 0 aliphatic carbocycles. The topological polar surface area (TPSA) is 50.6 Å². The van der Waals surface area contributed by atoms with E-state index in [-0.39, 0.29) is 23.9 Å². The SMILES string of the molecule is CC(C)n1nccc1CN1CCCC2(CC1)CN(c1ccc(F)cc1)C(=O)CO2. The van der Waals surface area contributed by atoms with Crippen LogP contribution < -0.4 is 4.90 Å². The van der Waals surface area contributed by atoms with Crippen LogP contribution in [-0.2, 0) is 16.1 Å². The zero-order chi connectivity index (χ0) is 20.4. The van der Waals surface area contributed by atoms with E-state index in [0.29, 0.717) is 12.6 Å². The molecule has 0 radical (unpaired) electrons. The van der Waals surface area contributed by atoms with Crippen LogP contribution in [0.4, 0.5) is 10.1 Å². The van der Waals surface area contributed by atoms with Gasteiger partial charge in [-0.3, -0.25) is 14.4 Å². The van der Waals surface area contributed by atoms with Crippen molar-refractivity contribution in [2.24, 2.45) is 0 Å². The van der Waals surface area contributed by atoms with Gasteiger partial charge in [-0.1, -0.05) is 0 Å². The average molecular weight is 400 g/mol. The number of hydrogen-bond acceptors (Lipinski definition) is 4. The minimum Gasteiger partial charge on any atom is -0.363 e. The zero-order valence-corrected chi connectivity index (χ0v) is 17.2. The van der Waals surface area contributed by atoms with Gasteiger partial charge in [0.1, 0.15) is 12.4 Å². The Labute approximate surface area is 171 Å². The molecule has 1 aromatic carbocycles. The number of hydrogen-bond donors (Lipinski definition) is 0. The van der Waals surface area contributed by atoms with Crippen LogP contribution in [0.3, 0.4) is 0 Å². The van der Waals surface area contributed by atoms with E-state index >= 15 is 0 Å². The molecule has 2 saturated heterocycles. The van der Waals surface area contributed by atoms with Crippen LogP contribution in [0.25, 0.3) is 0 Å². The lowest BCUT2D eigenvalue weighted by atomic mass is 9.92. The second-order valence-corrected chi connectivity index (χ2v) is 8.42. The summed E-state index contributed by atoms with van der Waals surface area (Å²) < 4.78 is 21.5. The summed E-state index contributed by atoms with van der Waals surface area (Å²) in [5.74, 6) is -0.362. The molecule has 0 saturated carbocycles. The first kappa shape index (κ1) is 20.0. The summed E-state index contributed by atoms with van der Waals surface area (Å²) in [5, 5.41) is 4.44. The molecule has 3 heterocycles. The maximum atomic E-state index is 13.3. The van der Waals surface area contributed by atoms with Crippen LogP contribution in [-0.4, -0.2) is 52.4 Å². The predicted octanol–water partition coefficient (Wildman–Crippen LogP) is 3.39. The number of carbonyl (C=O) groups excluding carboxylic acids is 1. The smallest absolute Gasteiger partial charge is 0.253 e. The Morgan fingerprint density at radius 1 is 1.17 bits per heavy atom. The number of ether oxygens (including phenoxy) is 1. The molecule has 7 heteroatoms. The number of aromatic nitrogens is 2. The fourth-order valence-electron chi connectivity index (χ4n) is 4.42. The Bertz CT molecular complexity index is 851. The number of amides is 1. The third-order valence-electron chi connectivity index (χ3n) is 6.00. The molecule has 2 aliphatic heterocycles. The fourth-order valence-corrected chi connectivity index (χ4v) is 4.42. The van der Waals surface area contributed by atoms with Gasteiger partial charge in [0.05, 0.1) is 17.8 Å². The van der Waals surface area contributed by atoms with Crippen molar-refractivity contribution in [1.29, 1.82) is 0 Å². The van der Waals surface area contributed by atoms with Crippen molar-refractivity contribution in [3.8, 4) is 0 Å². The largest absolute Gasteiger partial charge is 0.363 e. The van der Waals surface area contributed by atoms with E-state index in [0.717, 1.165) is 44.6 Å². The number of benzene rings is 1. The number of halogens is 1. The molecule has 2 aromatic rings. The Balaban J connectivity index is 1.44. The van der Waals surface area contributed by atoms with Gasteiger partial charge in [-0.05, 0) is 70.0 Å². The highest BCUT2D eigenvalue weighted by molar-refractivity contribution is 5.95. The number of likely N-dealkylation sites (tertiary alicyclic amines) is 1. The molecular weight excluding hydrogens is 371 g/mol. The first-order chi connectivity index (χ1) is 14.0. The van der Waals surface area contributed by atoms with E-state index in [9.17, 15) is 9.18 Å². The third-order valence-corrected chi connectivity index (χ3v) is 6.00. The predicted molar refractivity (Wildman–Crippen MR) is 109 cm³/mol. The van der Waals surface area contributed by atoms with Crippen LogP contribution in [0.2, 0.25) is 0 Å². The van der Waals surface area contributed by atoms with Gasteiger partial charge in [-0.15, -0.1) is 0 Å². The third kappa shape index (κ3) is 4.36. The molecule has 1 atom stereocenters. The van der Waals surface area contributed by atoms with E-state index in [2.05, 4.69) is 34.6 Å². The maximum absolute atomic E-state index is 13.3. The van der Waals surface area contributed by atoms with Crippen LogP contribution in [0, 0.1) is 5.82 Å². The van der Waals surface area contributed by atoms with Crippen molar-refractivity contribution in [2.45, 2.75) is 51.3 Å². The van der Waals surface area contributed by atoms with Gasteiger partial charge in [-0.25, -0.2) is 4.39 Å². The number of anilines is 1. The Morgan fingerprint density at radius 3 is 2.72 bits per heavy atom. The van der Waals surface area contributed by atoms with E-state index in [1.54, 1.807) is 17.0 Å². The maximum Gasteiger partial charge on any atom is 0.253 e. The highest BCUT2D eigenvalue weighted by atomic mass is 19.1. The molecule has 4 rings (SSSR count). The van der Waals surface area contributed by atoms with Gasteiger partial charge in [0, 0.05) is 31.0 Å². The van der Waals surface area contributed by atoms with Crippen LogP contribution in [0.5, 0.6) is 0 Å². The molecule has 1 amide bonds. The van der Waals surface area contributed by atoms with Crippen molar-refractivity contribution in [3.63, 3.8) is 0 Å². The van der Waals surface area contributed by atoms with E-state index in [1.807, 2.05) is 6.20 Å². The minimum atomic E-state index is -0.338. The molecular formula is C22H29FN4O2. The van der Waals surface area contributed by atoms with Gasteiger partial charge < -0.3 is 9.64 Å². The van der Waals surface area contributed by atoms with Crippen LogP contribution in [0.1, 0.15) is 44.8 Å². The zero-order valence-electron chi connectivity index (χ0n) is 17.2. The minimum absolute atomic E-state index is 0.0656. The Hall–Kier alpha value is -2.25. The number of carbonyl (C=O) groups is 1. The van der Waals surface area contributed by atoms with Crippen LogP contribution >= 0.6 is 0 Å². The number of nitrogens with zero attached hydrogens (tertiary/aromatic N) is 4. The summed E-state index contributed by atoms with van der Waals surface area (Å²) in [6, 6.07) is 8.57. The summed E-state index contributed by atoms with van der Waals surface area (Å²) in [4.78, 5) is 16.7. The first-order valence-electron chi connectivity index (χ1n) is 10.4. The van der Waals surface area contributed by atoms with Gasteiger partial charge in [0.2, 0.25) is 0 Å². The number of rotatable bonds is 4. The van der Waals surface area contributed by atoms with Gasteiger partial charge in [0.15, 0.2) is 0 Å². The molecule has 6 nitrogen and oxygen atoms in total. The molecule has 0 N–H and O–H groups in total. The van der Waals surface area contributed by atoms with Crippen molar-refractivity contribution in [3.05, 3.63) is 48.0 Å². The highest BCUT2D eigenvalue weighted by Gasteiger charge is 2.41. The lowest BCUT2D eigenvalue weighted by Crippen LogP contribution is -2.55. The van der Waals surface area contributed by atoms with Gasteiger partial charge in [-0.2, -0.15) is 5.10 Å². The standard InChI is InChI=1S/C22H29FN4O2/c1-17(2)27-20(8-11-24-27)14-25-12-3-9-22(10-13-25)16-26(21(28)15-29-22)19-6-4-18(23)5-7-19/h4-8,11,17H,3,9-10,12-16H2,1-2H3. The summed E-state index contributed by atoms with van der Waals surface area (Å²) >= 11 is 0. The van der Waals surface area contributed by atoms with Crippen molar-refractivity contribution < 1.29 is 13.9 Å². The molecule has 1 unspecified atom stereocenters. The second-order valence-electron chi connectivity index (χ2n) is 8.42. The Morgan fingerprint density at radius 2 is 1.97 bits per heavy atom. The molecule has 1 spiro atoms. The fraction of sp³-hybridized carbons (Fsp3) is 0.545. The van der Waals surface area contributed by atoms with Crippen molar-refractivity contribution in [1.82, 2.24) is 14.7 Å². The Kier molecular flexibility index (Phi) is 5.69. The van der Waals surface area contributed by atoms with E-state index in [1.165, 1.54) is 17.8 Å². The summed E-state index contributed by atoms with van der Waals surface area (Å²) in [6.45, 7) is 7.67. The average Bonchev–Trinajstić information content (AvgIpc) is 3.08. The van der Waals surface area contributed by atoms with Gasteiger partial charge >= 0.3 is 0 Å². The normalized spacial score (nSPS) is 23.7. The van der Waals surface area contributed by atoms with Crippen LogP contribution in [0.15, 0.2) is 36.5 Å². The lowest BCUT2D eigenvalue weighted by molar-refractivity contribution is -0.140. The molecule has 156 valence electrons. The van der Waals surface area contributed by atoms with E-state index in [4.69, 9.17) is 4.74 Å². The van der Waals surface area contributed by atoms with Gasteiger partial charge in [0.25, 0.3) is 5.91 Å². The summed E-state index contributed by atoms with van der Waals surface area (Å²) in [5.41, 5.74) is 1.62. The summed E-state index contributed by atoms with van der Waals surface area (Å²) in [7, 11) is 0. The molecule has 2 fully saturated rings. The van der Waals surface area contributed by atoms with Crippen molar-refractivity contribution in [2.75, 3.05) is 31.1 Å². The number of morpholine rings is 1. The quantitative estimate of drug-likeness (QED) is 0.789.